The Kier molecular flexibility index (Phi) is 13.4. The van der Waals surface area contributed by atoms with Crippen LogP contribution >= 0.6 is 0 Å². The third-order valence-corrected chi connectivity index (χ3v) is 12.7. The Balaban J connectivity index is 1.13. The van der Waals surface area contributed by atoms with Gasteiger partial charge in [0.1, 0.15) is 83.2 Å². The van der Waals surface area contributed by atoms with Crippen molar-refractivity contribution >= 4 is 28.0 Å². The molecule has 0 spiro atoms. The molecule has 0 radical (unpaired) electrons. The molecule has 0 saturated carbocycles. The number of allylic oxidation sites excluding steroid dienone is 3. The second-order valence-electron chi connectivity index (χ2n) is 17.4. The topological polar surface area (TPSA) is 318 Å². The van der Waals surface area contributed by atoms with Crippen LogP contribution in [0.15, 0.2) is 84.7 Å². The van der Waals surface area contributed by atoms with E-state index >= 15 is 0 Å². The van der Waals surface area contributed by atoms with E-state index in [4.69, 9.17) is 37.3 Å². The lowest BCUT2D eigenvalue weighted by Crippen LogP contribution is -2.60. The fraction of sp³-hybridized carbons (Fsp3) is 0.511. The van der Waals surface area contributed by atoms with E-state index in [0.29, 0.717) is 34.7 Å². The molecule has 4 aromatic rings. The minimum atomic E-state index is -1.99. The SMILES string of the molecule is CC1=C[C@H](c2cc3ccc(=O)oc3cc2O[C@@H]2O[C@H](CO)[C@@H](O)[C@H](O)[C@H]2O)[C@](C)(/C=C/c2cc3ccc(=O)oc3cc2O[C@@H]2O[C@H](CO[C@@H]3OC[C@](O)(CO)[C@H]3O)[C@@H](O)[C@H](O)[C@H]2O)CC1. The van der Waals surface area contributed by atoms with Crippen molar-refractivity contribution in [1.29, 1.82) is 0 Å². The molecule has 2 aromatic heterocycles. The van der Waals surface area contributed by atoms with Crippen molar-refractivity contribution in [2.24, 2.45) is 5.41 Å². The first-order chi connectivity index (χ1) is 30.9. The van der Waals surface area contributed by atoms with E-state index in [9.17, 15) is 60.7 Å². The van der Waals surface area contributed by atoms with Gasteiger partial charge in [0.25, 0.3) is 0 Å². The van der Waals surface area contributed by atoms with Gasteiger partial charge in [-0.3, -0.25) is 0 Å². The maximum atomic E-state index is 12.3. The zero-order valence-electron chi connectivity index (χ0n) is 35.2. The first-order valence-corrected chi connectivity index (χ1v) is 21.0. The second kappa shape index (κ2) is 18.6. The Labute approximate surface area is 369 Å². The van der Waals surface area contributed by atoms with Crippen molar-refractivity contribution in [1.82, 2.24) is 0 Å². The van der Waals surface area contributed by atoms with Gasteiger partial charge in [-0.05, 0) is 49.4 Å². The summed E-state index contributed by atoms with van der Waals surface area (Å²) in [7, 11) is 0. The van der Waals surface area contributed by atoms with Gasteiger partial charge in [0.15, 0.2) is 6.29 Å². The molecule has 0 unspecified atom stereocenters. The number of ether oxygens (including phenoxy) is 6. The van der Waals surface area contributed by atoms with Crippen LogP contribution in [0.25, 0.3) is 28.0 Å². The molecule has 1 aliphatic carbocycles. The Morgan fingerprint density at radius 2 is 1.32 bits per heavy atom. The molecule has 20 nitrogen and oxygen atoms in total. The van der Waals surface area contributed by atoms with Gasteiger partial charge in [-0.1, -0.05) is 30.7 Å². The second-order valence-corrected chi connectivity index (χ2v) is 17.4. The predicted octanol–water partition coefficient (Wildman–Crippen LogP) is -0.735. The summed E-state index contributed by atoms with van der Waals surface area (Å²) >= 11 is 0. The van der Waals surface area contributed by atoms with Gasteiger partial charge in [0.05, 0.1) is 26.4 Å². The Bertz CT molecular complexity index is 2530. The van der Waals surface area contributed by atoms with Gasteiger partial charge < -0.3 is 88.3 Å². The number of hydrogen-bond acceptors (Lipinski definition) is 20. The van der Waals surface area contributed by atoms with E-state index in [-0.39, 0.29) is 22.7 Å². The minimum absolute atomic E-state index is 0.0213. The molecule has 3 aliphatic heterocycles. The van der Waals surface area contributed by atoms with Crippen LogP contribution in [-0.4, -0.2) is 157 Å². The summed E-state index contributed by atoms with van der Waals surface area (Å²) in [6, 6.07) is 11.9. The number of aliphatic hydroxyl groups is 10. The van der Waals surface area contributed by atoms with Crippen LogP contribution in [0.4, 0.5) is 0 Å². The number of hydrogen-bond donors (Lipinski definition) is 10. The van der Waals surface area contributed by atoms with Crippen molar-refractivity contribution in [2.75, 3.05) is 26.4 Å². The average molecular weight is 913 g/mol. The Morgan fingerprint density at radius 1 is 0.738 bits per heavy atom. The quantitative estimate of drug-likeness (QED) is 0.0618. The highest BCUT2D eigenvalue weighted by Crippen LogP contribution is 2.51. The summed E-state index contributed by atoms with van der Waals surface area (Å²) in [5.74, 6) is -0.367. The number of fused-ring (bicyclic) bond motifs is 2. The summed E-state index contributed by atoms with van der Waals surface area (Å²) < 4.78 is 45.8. The van der Waals surface area contributed by atoms with E-state index in [1.54, 1.807) is 30.3 Å². The molecule has 4 aliphatic rings. The molecule has 3 saturated heterocycles. The van der Waals surface area contributed by atoms with Gasteiger partial charge in [0.2, 0.25) is 12.6 Å². The zero-order chi connectivity index (χ0) is 46.5. The first kappa shape index (κ1) is 46.9. The monoisotopic (exact) mass is 912 g/mol. The first-order valence-electron chi connectivity index (χ1n) is 21.0. The molecule has 65 heavy (non-hydrogen) atoms. The van der Waals surface area contributed by atoms with Gasteiger partial charge in [-0.25, -0.2) is 9.59 Å². The van der Waals surface area contributed by atoms with Crippen LogP contribution in [0.3, 0.4) is 0 Å². The Morgan fingerprint density at radius 3 is 1.94 bits per heavy atom. The van der Waals surface area contributed by atoms with Gasteiger partial charge in [-0.15, -0.1) is 0 Å². The predicted molar refractivity (Wildman–Crippen MR) is 223 cm³/mol. The zero-order valence-corrected chi connectivity index (χ0v) is 35.2. The van der Waals surface area contributed by atoms with Crippen molar-refractivity contribution in [3.8, 4) is 11.5 Å². The van der Waals surface area contributed by atoms with E-state index in [1.807, 2.05) is 26.0 Å². The van der Waals surface area contributed by atoms with Crippen LogP contribution in [0.5, 0.6) is 11.5 Å². The summed E-state index contributed by atoms with van der Waals surface area (Å²) in [6.45, 7) is 1.48. The molecular weight excluding hydrogens is 860 g/mol. The number of benzene rings is 2. The van der Waals surface area contributed by atoms with E-state index < -0.39 is 128 Å². The van der Waals surface area contributed by atoms with Crippen LogP contribution in [0.2, 0.25) is 0 Å². The molecule has 5 heterocycles. The third kappa shape index (κ3) is 9.25. The van der Waals surface area contributed by atoms with Gasteiger partial charge in [0, 0.05) is 52.1 Å². The summed E-state index contributed by atoms with van der Waals surface area (Å²) in [5.41, 5.74) is -1.79. The molecule has 15 atom stereocenters. The lowest BCUT2D eigenvalue weighted by molar-refractivity contribution is -0.289. The standard InChI is InChI=1S/C45H52O20/c1-20-7-9-44(2,25(11-20)24-13-22-4-6-33(49)61-27(22)15-29(24)63-42-38(54)36(52)34(50)30(16-46)64-42)10-8-23-12-21-3-5-32(48)60-26(21)14-28(23)62-41-39(55)37(53)35(51)31(65-41)17-58-43-40(56)45(57,18-47)19-59-43/h3-6,8,10-15,25,30-31,34-43,46-47,50-57H,7,9,16-19H2,1-2H3/b10-8+/t25-,30-,31-,34-,35-,36+,37+,38-,39-,40+,41-,42-,43-,44+,45-/m1/s1. The highest BCUT2D eigenvalue weighted by Gasteiger charge is 2.51. The molecule has 0 amide bonds. The fourth-order valence-electron chi connectivity index (χ4n) is 8.59. The van der Waals surface area contributed by atoms with Crippen molar-refractivity contribution < 1.29 is 88.3 Å². The van der Waals surface area contributed by atoms with Crippen LogP contribution < -0.4 is 20.7 Å². The van der Waals surface area contributed by atoms with E-state index in [0.717, 1.165) is 5.57 Å². The maximum absolute atomic E-state index is 12.3. The van der Waals surface area contributed by atoms with Crippen LogP contribution in [0.1, 0.15) is 43.7 Å². The highest BCUT2D eigenvalue weighted by molar-refractivity contribution is 5.83. The summed E-state index contributed by atoms with van der Waals surface area (Å²) in [4.78, 5) is 24.6. The van der Waals surface area contributed by atoms with Crippen LogP contribution in [0, 0.1) is 5.41 Å². The van der Waals surface area contributed by atoms with Crippen molar-refractivity contribution in [3.05, 3.63) is 98.2 Å². The molecule has 3 fully saturated rings. The average Bonchev–Trinajstić information content (AvgIpc) is 3.58. The molecule has 10 N–H and O–H groups in total. The largest absolute Gasteiger partial charge is 0.462 e. The number of rotatable bonds is 12. The smallest absolute Gasteiger partial charge is 0.336 e. The Hall–Kier alpha value is -4.62. The normalized spacial score (nSPS) is 36.6. The molecule has 352 valence electrons. The third-order valence-electron chi connectivity index (χ3n) is 12.7. The number of aliphatic hydroxyl groups excluding tert-OH is 9. The van der Waals surface area contributed by atoms with E-state index in [2.05, 4.69) is 0 Å². The fourth-order valence-corrected chi connectivity index (χ4v) is 8.59. The van der Waals surface area contributed by atoms with Crippen molar-refractivity contribution in [3.63, 3.8) is 0 Å². The lowest BCUT2D eigenvalue weighted by Gasteiger charge is -2.41. The van der Waals surface area contributed by atoms with Gasteiger partial charge in [-0.2, -0.15) is 0 Å². The highest BCUT2D eigenvalue weighted by atomic mass is 16.7. The van der Waals surface area contributed by atoms with Crippen LogP contribution in [-0.2, 0) is 18.9 Å². The van der Waals surface area contributed by atoms with Gasteiger partial charge >= 0.3 is 11.3 Å². The summed E-state index contributed by atoms with van der Waals surface area (Å²) in [5, 5.41) is 106. The molecule has 0 bridgehead atoms. The molecule has 2 aromatic carbocycles. The molecular formula is C45H52O20. The summed E-state index contributed by atoms with van der Waals surface area (Å²) in [6.07, 6.45) is -12.5. The maximum Gasteiger partial charge on any atom is 0.336 e. The molecule has 8 rings (SSSR count). The lowest BCUT2D eigenvalue weighted by atomic mass is 9.66. The van der Waals surface area contributed by atoms with Crippen molar-refractivity contribution in [2.45, 2.75) is 112 Å². The van der Waals surface area contributed by atoms with E-state index in [1.165, 1.54) is 24.3 Å². The minimum Gasteiger partial charge on any atom is -0.462 e. The molecule has 20 heteroatoms.